The van der Waals surface area contributed by atoms with Crippen molar-refractivity contribution in [3.8, 4) is 5.75 Å². The second-order valence-corrected chi connectivity index (χ2v) is 8.52. The van der Waals surface area contributed by atoms with Crippen LogP contribution in [0.2, 0.25) is 0 Å². The number of amidine groups is 1. The summed E-state index contributed by atoms with van der Waals surface area (Å²) >= 11 is 0. The van der Waals surface area contributed by atoms with Gasteiger partial charge in [-0.3, -0.25) is 14.8 Å². The lowest BCUT2D eigenvalue weighted by molar-refractivity contribution is 0.103. The van der Waals surface area contributed by atoms with E-state index in [-0.39, 0.29) is 11.7 Å². The van der Waals surface area contributed by atoms with Gasteiger partial charge < -0.3 is 10.1 Å². The van der Waals surface area contributed by atoms with Crippen molar-refractivity contribution < 1.29 is 9.53 Å². The van der Waals surface area contributed by atoms with E-state index in [0.29, 0.717) is 17.7 Å². The number of benzene rings is 3. The molecule has 174 valence electrons. The van der Waals surface area contributed by atoms with Gasteiger partial charge in [-0.05, 0) is 47.5 Å². The van der Waals surface area contributed by atoms with Crippen LogP contribution >= 0.6 is 0 Å². The predicted octanol–water partition coefficient (Wildman–Crippen LogP) is 5.42. The minimum Gasteiger partial charge on any atom is -0.489 e. The molecule has 0 saturated carbocycles. The van der Waals surface area contributed by atoms with Gasteiger partial charge in [-0.1, -0.05) is 60.7 Å². The fraction of sp³-hybridized carbons (Fsp3) is 0.167. The van der Waals surface area contributed by atoms with Crippen LogP contribution in [0.4, 0.5) is 0 Å². The van der Waals surface area contributed by atoms with Gasteiger partial charge in [0.25, 0.3) is 0 Å². The summed E-state index contributed by atoms with van der Waals surface area (Å²) in [5.74, 6) is 1.88. The molecule has 0 radical (unpaired) electrons. The number of ketones is 1. The summed E-state index contributed by atoms with van der Waals surface area (Å²) in [5.41, 5.74) is 4.62. The summed E-state index contributed by atoms with van der Waals surface area (Å²) in [6, 6.07) is 31.1. The van der Waals surface area contributed by atoms with Crippen molar-refractivity contribution >= 4 is 11.6 Å². The topological polar surface area (TPSA) is 63.6 Å². The zero-order chi connectivity index (χ0) is 23.9. The fourth-order valence-electron chi connectivity index (χ4n) is 4.28. The maximum absolute atomic E-state index is 12.6. The van der Waals surface area contributed by atoms with E-state index in [1.807, 2.05) is 72.9 Å². The van der Waals surface area contributed by atoms with Crippen LogP contribution in [0.25, 0.3) is 0 Å². The summed E-state index contributed by atoms with van der Waals surface area (Å²) in [7, 11) is 0. The van der Waals surface area contributed by atoms with E-state index in [1.54, 1.807) is 0 Å². The van der Waals surface area contributed by atoms with Crippen molar-refractivity contribution in [1.82, 2.24) is 10.3 Å². The average Bonchev–Trinajstić information content (AvgIpc) is 3.45. The molecule has 2 heterocycles. The first-order valence-corrected chi connectivity index (χ1v) is 11.9. The van der Waals surface area contributed by atoms with E-state index < -0.39 is 0 Å². The molecule has 0 aliphatic carbocycles. The van der Waals surface area contributed by atoms with Crippen LogP contribution in [0, 0.1) is 0 Å². The molecule has 0 fully saturated rings. The SMILES string of the molecule is O=C(c1ccccc1)c1ccc(OCc2cccc(C(CC3=NCCN3)c3ccccn3)c2)cc1. The molecule has 35 heavy (non-hydrogen) atoms. The van der Waals surface area contributed by atoms with Gasteiger partial charge in [0.15, 0.2) is 5.78 Å². The maximum atomic E-state index is 12.6. The van der Waals surface area contributed by atoms with Gasteiger partial charge in [0.05, 0.1) is 12.4 Å². The third-order valence-corrected chi connectivity index (χ3v) is 6.10. The Hall–Kier alpha value is -4.25. The highest BCUT2D eigenvalue weighted by Gasteiger charge is 2.20. The Labute approximate surface area is 205 Å². The molecule has 5 heteroatoms. The predicted molar refractivity (Wildman–Crippen MR) is 138 cm³/mol. The molecule has 5 rings (SSSR count). The number of aromatic nitrogens is 1. The van der Waals surface area contributed by atoms with Crippen LogP contribution in [0.5, 0.6) is 5.75 Å². The van der Waals surface area contributed by atoms with Crippen molar-refractivity contribution in [2.45, 2.75) is 18.9 Å². The molecule has 3 aromatic carbocycles. The molecular weight excluding hydrogens is 434 g/mol. The van der Waals surface area contributed by atoms with E-state index in [4.69, 9.17) is 4.74 Å². The molecular formula is C30H27N3O2. The highest BCUT2D eigenvalue weighted by Crippen LogP contribution is 2.28. The van der Waals surface area contributed by atoms with Crippen LogP contribution in [0.15, 0.2) is 108 Å². The Bertz CT molecular complexity index is 1300. The zero-order valence-electron chi connectivity index (χ0n) is 19.4. The number of carbonyl (C=O) groups excluding carboxylic acids is 1. The molecule has 4 aromatic rings. The highest BCUT2D eigenvalue weighted by molar-refractivity contribution is 6.08. The van der Waals surface area contributed by atoms with Crippen molar-refractivity contribution in [2.75, 3.05) is 13.1 Å². The zero-order valence-corrected chi connectivity index (χ0v) is 19.4. The molecule has 1 atom stereocenters. The number of hydrogen-bond donors (Lipinski definition) is 1. The molecule has 0 amide bonds. The monoisotopic (exact) mass is 461 g/mol. The Kier molecular flexibility index (Phi) is 6.94. The Morgan fingerprint density at radius 1 is 0.886 bits per heavy atom. The molecule has 1 aliphatic heterocycles. The molecule has 0 spiro atoms. The largest absolute Gasteiger partial charge is 0.489 e. The second-order valence-electron chi connectivity index (χ2n) is 8.52. The minimum atomic E-state index is 0.00627. The first kappa shape index (κ1) is 22.5. The molecule has 5 nitrogen and oxygen atoms in total. The molecule has 0 saturated heterocycles. The molecule has 1 aromatic heterocycles. The molecule has 1 unspecified atom stereocenters. The Morgan fingerprint density at radius 2 is 1.69 bits per heavy atom. The van der Waals surface area contributed by atoms with Crippen molar-refractivity contribution in [3.63, 3.8) is 0 Å². The van der Waals surface area contributed by atoms with Gasteiger partial charge in [-0.25, -0.2) is 0 Å². The summed E-state index contributed by atoms with van der Waals surface area (Å²) in [6.45, 7) is 2.16. The van der Waals surface area contributed by atoms with Crippen LogP contribution in [-0.4, -0.2) is 29.7 Å². The summed E-state index contributed by atoms with van der Waals surface area (Å²) in [6.07, 6.45) is 2.63. The average molecular weight is 462 g/mol. The van der Waals surface area contributed by atoms with E-state index >= 15 is 0 Å². The quantitative estimate of drug-likeness (QED) is 0.338. The third-order valence-electron chi connectivity index (χ3n) is 6.10. The van der Waals surface area contributed by atoms with E-state index in [1.165, 1.54) is 5.56 Å². The lowest BCUT2D eigenvalue weighted by Gasteiger charge is -2.18. The number of carbonyl (C=O) groups is 1. The van der Waals surface area contributed by atoms with Gasteiger partial charge >= 0.3 is 0 Å². The van der Waals surface area contributed by atoms with Gasteiger partial charge in [-0.15, -0.1) is 0 Å². The number of nitrogens with zero attached hydrogens (tertiary/aromatic N) is 2. The molecule has 1 aliphatic rings. The number of nitrogens with one attached hydrogen (secondary N) is 1. The van der Waals surface area contributed by atoms with Crippen molar-refractivity contribution in [1.29, 1.82) is 0 Å². The fourth-order valence-corrected chi connectivity index (χ4v) is 4.28. The first-order chi connectivity index (χ1) is 17.3. The first-order valence-electron chi connectivity index (χ1n) is 11.9. The number of aliphatic imine (C=N–C) groups is 1. The van der Waals surface area contributed by atoms with Crippen molar-refractivity contribution in [3.05, 3.63) is 131 Å². The van der Waals surface area contributed by atoms with Crippen LogP contribution in [0.3, 0.4) is 0 Å². The summed E-state index contributed by atoms with van der Waals surface area (Å²) < 4.78 is 6.04. The number of pyridine rings is 1. The standard InChI is InChI=1S/C30H27N3O2/c34-30(23-8-2-1-3-9-23)24-12-14-26(15-13-24)35-21-22-7-6-10-25(19-22)27(20-29-32-17-18-33-29)28-11-4-5-16-31-28/h1-16,19,27H,17-18,20-21H2,(H,32,33). The van der Waals surface area contributed by atoms with Crippen LogP contribution in [-0.2, 0) is 6.61 Å². The summed E-state index contributed by atoms with van der Waals surface area (Å²) in [5, 5.41) is 3.38. The molecule has 0 bridgehead atoms. The van der Waals surface area contributed by atoms with E-state index in [2.05, 4.69) is 45.6 Å². The maximum Gasteiger partial charge on any atom is 0.193 e. The number of rotatable bonds is 9. The lowest BCUT2D eigenvalue weighted by atomic mass is 9.90. The van der Waals surface area contributed by atoms with Crippen molar-refractivity contribution in [2.24, 2.45) is 4.99 Å². The number of ether oxygens (including phenoxy) is 1. The minimum absolute atomic E-state index is 0.00627. The summed E-state index contributed by atoms with van der Waals surface area (Å²) in [4.78, 5) is 21.8. The van der Waals surface area contributed by atoms with Gasteiger partial charge in [-0.2, -0.15) is 0 Å². The van der Waals surface area contributed by atoms with Crippen LogP contribution < -0.4 is 10.1 Å². The highest BCUT2D eigenvalue weighted by atomic mass is 16.5. The lowest BCUT2D eigenvalue weighted by Crippen LogP contribution is -2.21. The van der Waals surface area contributed by atoms with E-state index in [0.717, 1.165) is 42.4 Å². The smallest absolute Gasteiger partial charge is 0.193 e. The van der Waals surface area contributed by atoms with Gasteiger partial charge in [0.1, 0.15) is 12.4 Å². The third kappa shape index (κ3) is 5.64. The normalized spacial score (nSPS) is 13.5. The second kappa shape index (κ2) is 10.8. The van der Waals surface area contributed by atoms with Gasteiger partial charge in [0, 0.05) is 41.9 Å². The van der Waals surface area contributed by atoms with E-state index in [9.17, 15) is 4.79 Å². The van der Waals surface area contributed by atoms with Gasteiger partial charge in [0.2, 0.25) is 0 Å². The molecule has 1 N–H and O–H groups in total. The van der Waals surface area contributed by atoms with Crippen LogP contribution in [0.1, 0.15) is 45.1 Å². The Balaban J connectivity index is 1.28. The number of hydrogen-bond acceptors (Lipinski definition) is 5. The Morgan fingerprint density at radius 3 is 2.43 bits per heavy atom.